The molecule has 4 nitrogen and oxygen atoms in total. The number of hydrogen-bond acceptors (Lipinski definition) is 3. The van der Waals surface area contributed by atoms with Crippen LogP contribution in [0.2, 0.25) is 10.0 Å². The van der Waals surface area contributed by atoms with Crippen LogP contribution < -0.4 is 10.2 Å². The fourth-order valence-corrected chi connectivity index (χ4v) is 3.57. The molecule has 1 fully saturated rings. The van der Waals surface area contributed by atoms with Crippen LogP contribution >= 0.6 is 23.2 Å². The van der Waals surface area contributed by atoms with E-state index in [0.29, 0.717) is 10.0 Å². The van der Waals surface area contributed by atoms with Crippen LogP contribution in [0.4, 0.5) is 5.69 Å². The summed E-state index contributed by atoms with van der Waals surface area (Å²) in [5.41, 5.74) is 3.06. The number of carbonyl (C=O) groups excluding carboxylic acids is 1. The van der Waals surface area contributed by atoms with Crippen molar-refractivity contribution in [1.29, 1.82) is 0 Å². The monoisotopic (exact) mass is 363 g/mol. The normalized spacial score (nSPS) is 17.1. The molecule has 3 rings (SSSR count). The molecule has 2 heterocycles. The largest absolute Gasteiger partial charge is 0.368 e. The van der Waals surface area contributed by atoms with Crippen LogP contribution in [0.25, 0.3) is 0 Å². The zero-order valence-electron chi connectivity index (χ0n) is 13.4. The number of benzene rings is 1. The van der Waals surface area contributed by atoms with Crippen LogP contribution in [0.1, 0.15) is 17.5 Å². The lowest BCUT2D eigenvalue weighted by Crippen LogP contribution is -2.38. The third-order valence-corrected chi connectivity index (χ3v) is 4.50. The van der Waals surface area contributed by atoms with Crippen LogP contribution in [0.3, 0.4) is 0 Å². The van der Waals surface area contributed by atoms with E-state index in [4.69, 9.17) is 23.2 Å². The summed E-state index contributed by atoms with van der Waals surface area (Å²) >= 11 is 11.9. The number of pyridine rings is 1. The van der Waals surface area contributed by atoms with Crippen molar-refractivity contribution in [2.24, 2.45) is 0 Å². The highest BCUT2D eigenvalue weighted by Crippen LogP contribution is 2.21. The zero-order chi connectivity index (χ0) is 17.1. The summed E-state index contributed by atoms with van der Waals surface area (Å²) in [6, 6.07) is 7.46. The molecule has 0 unspecified atom stereocenters. The number of anilines is 1. The standard InChI is InChI=1S/C18H19Cl2N3O/c1-12-4-17(10-21-9-12)23-3-2-16(11-23)22-18(24)7-13-5-14(19)8-15(20)6-13/h4-6,8-10,16H,2-3,7,11H2,1H3,(H,22,24)/t16-/m1/s1. The molecule has 0 radical (unpaired) electrons. The van der Waals surface area contributed by atoms with E-state index in [1.54, 1.807) is 18.2 Å². The van der Waals surface area contributed by atoms with Gasteiger partial charge in [0.05, 0.1) is 18.3 Å². The van der Waals surface area contributed by atoms with E-state index in [9.17, 15) is 4.79 Å². The highest BCUT2D eigenvalue weighted by atomic mass is 35.5. The van der Waals surface area contributed by atoms with E-state index in [2.05, 4.69) is 21.3 Å². The Morgan fingerprint density at radius 3 is 2.71 bits per heavy atom. The molecule has 1 aliphatic rings. The van der Waals surface area contributed by atoms with E-state index >= 15 is 0 Å². The van der Waals surface area contributed by atoms with Gasteiger partial charge in [-0.05, 0) is 48.7 Å². The minimum atomic E-state index is -0.0115. The molecule has 126 valence electrons. The first kappa shape index (κ1) is 17.1. The summed E-state index contributed by atoms with van der Waals surface area (Å²) in [6.07, 6.45) is 4.92. The van der Waals surface area contributed by atoms with Gasteiger partial charge in [0.2, 0.25) is 5.91 Å². The Balaban J connectivity index is 1.56. The molecule has 1 amide bonds. The molecule has 1 N–H and O–H groups in total. The van der Waals surface area contributed by atoms with Crippen LogP contribution in [-0.4, -0.2) is 30.0 Å². The van der Waals surface area contributed by atoms with Crippen LogP contribution in [0.5, 0.6) is 0 Å². The molecular formula is C18H19Cl2N3O. The summed E-state index contributed by atoms with van der Waals surface area (Å²) in [5.74, 6) is -0.0115. The molecule has 2 aromatic rings. The molecule has 1 aromatic heterocycles. The van der Waals surface area contributed by atoms with Gasteiger partial charge in [0.1, 0.15) is 0 Å². The molecule has 0 bridgehead atoms. The summed E-state index contributed by atoms with van der Waals surface area (Å²) < 4.78 is 0. The van der Waals surface area contributed by atoms with Crippen molar-refractivity contribution in [2.75, 3.05) is 18.0 Å². The van der Waals surface area contributed by atoms with E-state index in [1.807, 2.05) is 19.3 Å². The average molecular weight is 364 g/mol. The zero-order valence-corrected chi connectivity index (χ0v) is 14.9. The Labute approximate surface area is 151 Å². The lowest BCUT2D eigenvalue weighted by Gasteiger charge is -2.19. The number of nitrogens with one attached hydrogen (secondary N) is 1. The van der Waals surface area contributed by atoms with Crippen LogP contribution in [0, 0.1) is 6.92 Å². The molecule has 0 saturated carbocycles. The van der Waals surface area contributed by atoms with Crippen molar-refractivity contribution in [1.82, 2.24) is 10.3 Å². The first-order chi connectivity index (χ1) is 11.5. The smallest absolute Gasteiger partial charge is 0.224 e. The van der Waals surface area contributed by atoms with Gasteiger partial charge in [-0.2, -0.15) is 0 Å². The van der Waals surface area contributed by atoms with Gasteiger partial charge in [-0.3, -0.25) is 9.78 Å². The van der Waals surface area contributed by atoms with Crippen LogP contribution in [0.15, 0.2) is 36.7 Å². The number of aromatic nitrogens is 1. The second-order valence-corrected chi connectivity index (χ2v) is 7.05. The first-order valence-electron chi connectivity index (χ1n) is 7.90. The molecule has 1 aromatic carbocycles. The van der Waals surface area contributed by atoms with Crippen molar-refractivity contribution in [2.45, 2.75) is 25.8 Å². The Hall–Kier alpha value is -1.78. The van der Waals surface area contributed by atoms with Crippen molar-refractivity contribution in [3.05, 3.63) is 57.8 Å². The molecular weight excluding hydrogens is 345 g/mol. The second-order valence-electron chi connectivity index (χ2n) is 6.17. The number of nitrogens with zero attached hydrogens (tertiary/aromatic N) is 2. The Bertz CT molecular complexity index is 731. The predicted molar refractivity (Wildman–Crippen MR) is 97.9 cm³/mol. The molecule has 1 atom stereocenters. The number of carbonyl (C=O) groups is 1. The molecule has 0 spiro atoms. The van der Waals surface area contributed by atoms with Gasteiger partial charge < -0.3 is 10.2 Å². The number of aryl methyl sites for hydroxylation is 1. The van der Waals surface area contributed by atoms with Gasteiger partial charge in [0, 0.05) is 35.4 Å². The number of rotatable bonds is 4. The van der Waals surface area contributed by atoms with Crippen molar-refractivity contribution in [3.63, 3.8) is 0 Å². The van der Waals surface area contributed by atoms with Crippen molar-refractivity contribution in [3.8, 4) is 0 Å². The van der Waals surface area contributed by atoms with Crippen molar-refractivity contribution >= 4 is 34.8 Å². The molecule has 1 saturated heterocycles. The minimum Gasteiger partial charge on any atom is -0.368 e. The topological polar surface area (TPSA) is 45.2 Å². The van der Waals surface area contributed by atoms with Gasteiger partial charge in [0.25, 0.3) is 0 Å². The van der Waals surface area contributed by atoms with Crippen LogP contribution in [-0.2, 0) is 11.2 Å². The average Bonchev–Trinajstić information content (AvgIpc) is 2.94. The maximum absolute atomic E-state index is 12.3. The number of hydrogen-bond donors (Lipinski definition) is 1. The summed E-state index contributed by atoms with van der Waals surface area (Å²) in [6.45, 7) is 3.74. The lowest BCUT2D eigenvalue weighted by molar-refractivity contribution is -0.121. The lowest BCUT2D eigenvalue weighted by atomic mass is 10.1. The fourth-order valence-electron chi connectivity index (χ4n) is 3.00. The Kier molecular flexibility index (Phi) is 5.27. The van der Waals surface area contributed by atoms with Gasteiger partial charge in [0.15, 0.2) is 0 Å². The van der Waals surface area contributed by atoms with E-state index in [1.165, 1.54) is 0 Å². The van der Waals surface area contributed by atoms with E-state index < -0.39 is 0 Å². The molecule has 24 heavy (non-hydrogen) atoms. The van der Waals surface area contributed by atoms with Crippen molar-refractivity contribution < 1.29 is 4.79 Å². The van der Waals surface area contributed by atoms with Gasteiger partial charge in [-0.25, -0.2) is 0 Å². The minimum absolute atomic E-state index is 0.0115. The maximum Gasteiger partial charge on any atom is 0.224 e. The Morgan fingerprint density at radius 2 is 2.00 bits per heavy atom. The fraction of sp³-hybridized carbons (Fsp3) is 0.333. The third kappa shape index (κ3) is 4.40. The highest BCUT2D eigenvalue weighted by Gasteiger charge is 2.24. The molecule has 0 aliphatic carbocycles. The second kappa shape index (κ2) is 7.41. The first-order valence-corrected chi connectivity index (χ1v) is 8.66. The maximum atomic E-state index is 12.3. The number of halogens is 2. The van der Waals surface area contributed by atoms with Gasteiger partial charge in [-0.15, -0.1) is 0 Å². The molecule has 1 aliphatic heterocycles. The van der Waals surface area contributed by atoms with Gasteiger partial charge in [-0.1, -0.05) is 23.2 Å². The number of amides is 1. The third-order valence-electron chi connectivity index (χ3n) is 4.07. The predicted octanol–water partition coefficient (Wildman–Crippen LogP) is 3.63. The highest BCUT2D eigenvalue weighted by molar-refractivity contribution is 6.34. The summed E-state index contributed by atoms with van der Waals surface area (Å²) in [4.78, 5) is 18.7. The quantitative estimate of drug-likeness (QED) is 0.901. The van der Waals surface area contributed by atoms with Gasteiger partial charge >= 0.3 is 0 Å². The Morgan fingerprint density at radius 1 is 1.25 bits per heavy atom. The van der Waals surface area contributed by atoms with E-state index in [0.717, 1.165) is 36.3 Å². The van der Waals surface area contributed by atoms with E-state index in [-0.39, 0.29) is 18.4 Å². The summed E-state index contributed by atoms with van der Waals surface area (Å²) in [5, 5.41) is 4.18. The summed E-state index contributed by atoms with van der Waals surface area (Å²) in [7, 11) is 0. The molecule has 6 heteroatoms. The SMILES string of the molecule is Cc1cncc(N2CC[C@@H](NC(=O)Cc3cc(Cl)cc(Cl)c3)C2)c1.